The van der Waals surface area contributed by atoms with Crippen LogP contribution in [0.25, 0.3) is 11.0 Å². The molecule has 24 heavy (non-hydrogen) atoms. The SMILES string of the molecule is O=C(NCC#Cc1[nH]nc2ncnc(Cl)c12)OCc1ccccc1. The quantitative estimate of drug-likeness (QED) is 0.563. The smallest absolute Gasteiger partial charge is 0.408 e. The zero-order valence-corrected chi connectivity index (χ0v) is 13.2. The van der Waals surface area contributed by atoms with Gasteiger partial charge in [0.05, 0.1) is 11.9 Å². The maximum absolute atomic E-state index is 11.6. The minimum absolute atomic E-state index is 0.124. The molecule has 0 unspecified atom stereocenters. The van der Waals surface area contributed by atoms with Crippen LogP contribution in [0.15, 0.2) is 36.7 Å². The number of halogens is 1. The summed E-state index contributed by atoms with van der Waals surface area (Å²) in [4.78, 5) is 19.4. The van der Waals surface area contributed by atoms with Crippen LogP contribution in [0.2, 0.25) is 5.15 Å². The third-order valence-electron chi connectivity index (χ3n) is 3.05. The third-order valence-corrected chi connectivity index (χ3v) is 3.34. The number of ether oxygens (including phenoxy) is 1. The van der Waals surface area contributed by atoms with Gasteiger partial charge in [0.15, 0.2) is 5.65 Å². The average molecular weight is 342 g/mol. The summed E-state index contributed by atoms with van der Waals surface area (Å²) in [6.45, 7) is 0.331. The molecule has 0 spiro atoms. The molecule has 0 aliphatic rings. The lowest BCUT2D eigenvalue weighted by atomic mass is 10.2. The number of H-pyrrole nitrogens is 1. The number of alkyl carbamates (subject to hydrolysis) is 1. The molecule has 8 heteroatoms. The minimum Gasteiger partial charge on any atom is -0.445 e. The standard InChI is InChI=1S/C16H12ClN5O2/c17-14-13-12(21-22-15(13)20-10-19-14)7-4-8-18-16(23)24-9-11-5-2-1-3-6-11/h1-3,5-6,10H,8-9H2,(H,18,23)(H,19,20,21,22). The van der Waals surface area contributed by atoms with Crippen LogP contribution in [-0.4, -0.2) is 32.8 Å². The zero-order valence-electron chi connectivity index (χ0n) is 12.4. The first-order chi connectivity index (χ1) is 11.7. The molecule has 0 aliphatic heterocycles. The fraction of sp³-hybridized carbons (Fsp3) is 0.125. The lowest BCUT2D eigenvalue weighted by Crippen LogP contribution is -2.24. The van der Waals surface area contributed by atoms with Crippen LogP contribution < -0.4 is 5.32 Å². The first-order valence-electron chi connectivity index (χ1n) is 7.02. The number of aromatic amines is 1. The number of aromatic nitrogens is 4. The molecule has 3 rings (SSSR count). The number of benzene rings is 1. The van der Waals surface area contributed by atoms with E-state index in [9.17, 15) is 4.79 Å². The molecule has 0 saturated carbocycles. The van der Waals surface area contributed by atoms with Crippen LogP contribution in [-0.2, 0) is 11.3 Å². The first-order valence-corrected chi connectivity index (χ1v) is 7.40. The lowest BCUT2D eigenvalue weighted by molar-refractivity contribution is 0.141. The minimum atomic E-state index is -0.538. The molecule has 3 aromatic rings. The van der Waals surface area contributed by atoms with Crippen LogP contribution in [0.1, 0.15) is 11.3 Å². The number of rotatable bonds is 3. The summed E-state index contributed by atoms with van der Waals surface area (Å²) < 4.78 is 5.08. The Morgan fingerprint density at radius 2 is 2.12 bits per heavy atom. The van der Waals surface area contributed by atoms with E-state index in [2.05, 4.69) is 37.3 Å². The second-order valence-corrected chi connectivity index (χ2v) is 5.04. The van der Waals surface area contributed by atoms with Crippen molar-refractivity contribution in [3.05, 3.63) is 53.1 Å². The van der Waals surface area contributed by atoms with Gasteiger partial charge in [0.25, 0.3) is 0 Å². The van der Waals surface area contributed by atoms with Crippen molar-refractivity contribution >= 4 is 28.7 Å². The predicted molar refractivity (Wildman–Crippen MR) is 88.2 cm³/mol. The van der Waals surface area contributed by atoms with Gasteiger partial charge in [0.1, 0.15) is 23.8 Å². The van der Waals surface area contributed by atoms with Gasteiger partial charge in [-0.2, -0.15) is 5.10 Å². The fourth-order valence-corrected chi connectivity index (χ4v) is 2.16. The molecular formula is C16H12ClN5O2. The number of fused-ring (bicyclic) bond motifs is 1. The van der Waals surface area contributed by atoms with Crippen molar-refractivity contribution in [1.82, 2.24) is 25.5 Å². The molecule has 1 amide bonds. The van der Waals surface area contributed by atoms with Crippen molar-refractivity contribution in [3.63, 3.8) is 0 Å². The monoisotopic (exact) mass is 341 g/mol. The van der Waals surface area contributed by atoms with Crippen LogP contribution in [0.4, 0.5) is 4.79 Å². The molecule has 7 nitrogen and oxygen atoms in total. The van der Waals surface area contributed by atoms with Crippen molar-refractivity contribution in [2.24, 2.45) is 0 Å². The summed E-state index contributed by atoms with van der Waals surface area (Å²) in [5.41, 5.74) is 1.85. The number of hydrogen-bond donors (Lipinski definition) is 2. The van der Waals surface area contributed by atoms with Gasteiger partial charge >= 0.3 is 6.09 Å². The van der Waals surface area contributed by atoms with Crippen LogP contribution in [0.5, 0.6) is 0 Å². The maximum Gasteiger partial charge on any atom is 0.408 e. The van der Waals surface area contributed by atoms with Crippen LogP contribution in [0.3, 0.4) is 0 Å². The van der Waals surface area contributed by atoms with Gasteiger partial charge in [0, 0.05) is 0 Å². The number of hydrogen-bond acceptors (Lipinski definition) is 5. The molecule has 0 bridgehead atoms. The van der Waals surface area contributed by atoms with Crippen molar-refractivity contribution in [1.29, 1.82) is 0 Å². The Bertz CT molecular complexity index is 914. The van der Waals surface area contributed by atoms with Gasteiger partial charge in [-0.25, -0.2) is 14.8 Å². The summed E-state index contributed by atoms with van der Waals surface area (Å²) in [6, 6.07) is 9.41. The first kappa shape index (κ1) is 15.8. The van der Waals surface area contributed by atoms with Gasteiger partial charge in [0.2, 0.25) is 0 Å². The van der Waals surface area contributed by atoms with Gasteiger partial charge in [-0.15, -0.1) is 0 Å². The van der Waals surface area contributed by atoms with E-state index in [1.807, 2.05) is 30.3 Å². The number of amides is 1. The molecule has 0 aliphatic carbocycles. The van der Waals surface area contributed by atoms with Crippen molar-refractivity contribution in [2.75, 3.05) is 6.54 Å². The predicted octanol–water partition coefficient (Wildman–Crippen LogP) is 2.28. The van der Waals surface area contributed by atoms with Gasteiger partial charge < -0.3 is 10.1 Å². The number of nitrogens with one attached hydrogen (secondary N) is 2. The summed E-state index contributed by atoms with van der Waals surface area (Å²) in [5.74, 6) is 5.62. The molecule has 0 saturated heterocycles. The molecule has 0 atom stereocenters. The van der Waals surface area contributed by atoms with E-state index in [0.717, 1.165) is 5.56 Å². The van der Waals surface area contributed by atoms with Crippen molar-refractivity contribution < 1.29 is 9.53 Å². The van der Waals surface area contributed by atoms with E-state index < -0.39 is 6.09 Å². The largest absolute Gasteiger partial charge is 0.445 e. The van der Waals surface area contributed by atoms with Crippen LogP contribution >= 0.6 is 11.6 Å². The van der Waals surface area contributed by atoms with E-state index in [4.69, 9.17) is 16.3 Å². The molecule has 2 heterocycles. The Labute approximate surface area is 142 Å². The molecular weight excluding hydrogens is 330 g/mol. The number of carbonyl (C=O) groups is 1. The molecule has 1 aromatic carbocycles. The van der Waals surface area contributed by atoms with Crippen molar-refractivity contribution in [3.8, 4) is 11.8 Å². The fourth-order valence-electron chi connectivity index (χ4n) is 1.93. The van der Waals surface area contributed by atoms with E-state index in [0.29, 0.717) is 16.7 Å². The van der Waals surface area contributed by atoms with E-state index >= 15 is 0 Å². The third kappa shape index (κ3) is 3.80. The van der Waals surface area contributed by atoms with Gasteiger partial charge in [-0.1, -0.05) is 47.9 Å². The van der Waals surface area contributed by atoms with Crippen LogP contribution in [0, 0.1) is 11.8 Å². The molecule has 2 N–H and O–H groups in total. The zero-order chi connectivity index (χ0) is 16.8. The maximum atomic E-state index is 11.6. The molecule has 2 aromatic heterocycles. The molecule has 0 radical (unpaired) electrons. The highest BCUT2D eigenvalue weighted by Crippen LogP contribution is 2.19. The summed E-state index contributed by atoms with van der Waals surface area (Å²) in [6.07, 6.45) is 0.788. The summed E-state index contributed by atoms with van der Waals surface area (Å²) in [7, 11) is 0. The van der Waals surface area contributed by atoms with Crippen molar-refractivity contribution in [2.45, 2.75) is 6.61 Å². The highest BCUT2D eigenvalue weighted by molar-refractivity contribution is 6.34. The van der Waals surface area contributed by atoms with E-state index in [1.54, 1.807) is 0 Å². The van der Waals surface area contributed by atoms with Gasteiger partial charge in [-0.3, -0.25) is 5.10 Å². The number of carbonyl (C=O) groups excluding carboxylic acids is 1. The second-order valence-electron chi connectivity index (χ2n) is 4.68. The van der Waals surface area contributed by atoms with Gasteiger partial charge in [-0.05, 0) is 11.5 Å². The van der Waals surface area contributed by atoms with E-state index in [-0.39, 0.29) is 18.3 Å². The number of nitrogens with zero attached hydrogens (tertiary/aromatic N) is 3. The Morgan fingerprint density at radius 1 is 1.29 bits per heavy atom. The Morgan fingerprint density at radius 3 is 2.96 bits per heavy atom. The highest BCUT2D eigenvalue weighted by Gasteiger charge is 2.08. The lowest BCUT2D eigenvalue weighted by Gasteiger charge is -2.04. The Kier molecular flexibility index (Phi) is 4.89. The highest BCUT2D eigenvalue weighted by atomic mass is 35.5. The Hall–Kier alpha value is -3.11. The summed E-state index contributed by atoms with van der Waals surface area (Å²) >= 11 is 6.00. The average Bonchev–Trinajstić information content (AvgIpc) is 3.02. The second kappa shape index (κ2) is 7.44. The Balaban J connectivity index is 1.53. The van der Waals surface area contributed by atoms with E-state index in [1.165, 1.54) is 6.33 Å². The normalized spacial score (nSPS) is 10.0. The topological polar surface area (TPSA) is 92.8 Å². The molecule has 120 valence electrons. The molecule has 0 fully saturated rings. The summed E-state index contributed by atoms with van der Waals surface area (Å²) in [5, 5.41) is 10.1.